The number of halogens is 2. The summed E-state index contributed by atoms with van der Waals surface area (Å²) in [6.07, 6.45) is 0.890. The highest BCUT2D eigenvalue weighted by Crippen LogP contribution is 2.31. The first-order valence-corrected chi connectivity index (χ1v) is 6.89. The standard InChI is InChI=1S/C17H15F2NO/c1-11-8-12-4-2-3-5-16(12)20(11)10-17(21)13-6-7-14(18)15(19)9-13/h2-7,9,11H,8,10H2,1H3. The molecule has 0 aliphatic carbocycles. The van der Waals surface area contributed by atoms with E-state index >= 15 is 0 Å². The minimum absolute atomic E-state index is 0.170. The van der Waals surface area contributed by atoms with Gasteiger partial charge in [-0.25, -0.2) is 8.78 Å². The van der Waals surface area contributed by atoms with Crippen molar-refractivity contribution >= 4 is 11.5 Å². The predicted octanol–water partition coefficient (Wildman–Crippen LogP) is 3.60. The number of fused-ring (bicyclic) bond motifs is 1. The zero-order chi connectivity index (χ0) is 15.0. The molecule has 108 valence electrons. The van der Waals surface area contributed by atoms with Gasteiger partial charge in [-0.2, -0.15) is 0 Å². The van der Waals surface area contributed by atoms with Crippen LogP contribution in [0.1, 0.15) is 22.8 Å². The van der Waals surface area contributed by atoms with Gasteiger partial charge >= 0.3 is 0 Å². The van der Waals surface area contributed by atoms with Gasteiger partial charge in [-0.15, -0.1) is 0 Å². The van der Waals surface area contributed by atoms with E-state index in [0.29, 0.717) is 0 Å². The van der Waals surface area contributed by atoms with E-state index in [-0.39, 0.29) is 23.9 Å². The molecule has 1 aliphatic heterocycles. The third-order valence-corrected chi connectivity index (χ3v) is 3.90. The maximum atomic E-state index is 13.2. The number of carbonyl (C=O) groups excluding carboxylic acids is 1. The Kier molecular flexibility index (Phi) is 3.45. The summed E-state index contributed by atoms with van der Waals surface area (Å²) < 4.78 is 26.2. The summed E-state index contributed by atoms with van der Waals surface area (Å²) in [6, 6.07) is 11.4. The highest BCUT2D eigenvalue weighted by molar-refractivity contribution is 5.99. The summed E-state index contributed by atoms with van der Waals surface area (Å²) in [7, 11) is 0. The predicted molar refractivity (Wildman–Crippen MR) is 77.6 cm³/mol. The van der Waals surface area contributed by atoms with Gasteiger partial charge in [-0.05, 0) is 43.2 Å². The normalized spacial score (nSPS) is 16.9. The average Bonchev–Trinajstić information content (AvgIpc) is 2.78. The van der Waals surface area contributed by atoms with Crippen molar-refractivity contribution in [1.29, 1.82) is 0 Å². The van der Waals surface area contributed by atoms with E-state index in [4.69, 9.17) is 0 Å². The zero-order valence-corrected chi connectivity index (χ0v) is 11.6. The lowest BCUT2D eigenvalue weighted by Gasteiger charge is -2.24. The SMILES string of the molecule is CC1Cc2ccccc2N1CC(=O)c1ccc(F)c(F)c1. The number of para-hydroxylation sites is 1. The second kappa shape index (κ2) is 5.28. The maximum Gasteiger partial charge on any atom is 0.182 e. The molecule has 0 spiro atoms. The third-order valence-electron chi connectivity index (χ3n) is 3.90. The van der Waals surface area contributed by atoms with Crippen molar-refractivity contribution in [2.45, 2.75) is 19.4 Å². The summed E-state index contributed by atoms with van der Waals surface area (Å²) in [5.74, 6) is -2.14. The second-order valence-corrected chi connectivity index (χ2v) is 5.36. The molecule has 2 aromatic rings. The molecule has 0 N–H and O–H groups in total. The van der Waals surface area contributed by atoms with E-state index in [1.54, 1.807) is 0 Å². The molecule has 3 rings (SSSR count). The smallest absolute Gasteiger partial charge is 0.182 e. The van der Waals surface area contributed by atoms with Crippen molar-refractivity contribution in [3.05, 3.63) is 65.2 Å². The van der Waals surface area contributed by atoms with Crippen molar-refractivity contribution in [2.24, 2.45) is 0 Å². The van der Waals surface area contributed by atoms with Crippen LogP contribution in [0.4, 0.5) is 14.5 Å². The highest BCUT2D eigenvalue weighted by atomic mass is 19.2. The van der Waals surface area contributed by atoms with Gasteiger partial charge < -0.3 is 4.90 Å². The lowest BCUT2D eigenvalue weighted by molar-refractivity contribution is 0.0997. The molecule has 0 bridgehead atoms. The molecular formula is C17H15F2NO. The fourth-order valence-electron chi connectivity index (χ4n) is 2.79. The molecule has 21 heavy (non-hydrogen) atoms. The molecule has 0 radical (unpaired) electrons. The third kappa shape index (κ3) is 2.53. The average molecular weight is 287 g/mol. The molecule has 0 amide bonds. The van der Waals surface area contributed by atoms with Crippen LogP contribution in [0.25, 0.3) is 0 Å². The Balaban J connectivity index is 1.83. The molecule has 1 unspecified atom stereocenters. The highest BCUT2D eigenvalue weighted by Gasteiger charge is 2.27. The fourth-order valence-corrected chi connectivity index (χ4v) is 2.79. The summed E-state index contributed by atoms with van der Waals surface area (Å²) in [5, 5.41) is 0. The number of hydrogen-bond donors (Lipinski definition) is 0. The van der Waals surface area contributed by atoms with Crippen molar-refractivity contribution in [1.82, 2.24) is 0 Å². The van der Waals surface area contributed by atoms with Gasteiger partial charge in [0.1, 0.15) is 0 Å². The molecule has 1 heterocycles. The monoisotopic (exact) mass is 287 g/mol. The van der Waals surface area contributed by atoms with Gasteiger partial charge in [0.15, 0.2) is 17.4 Å². The molecule has 0 saturated heterocycles. The van der Waals surface area contributed by atoms with Gasteiger partial charge in [0.2, 0.25) is 0 Å². The lowest BCUT2D eigenvalue weighted by atomic mass is 10.1. The molecule has 0 fully saturated rings. The summed E-state index contributed by atoms with van der Waals surface area (Å²) in [4.78, 5) is 14.3. The Morgan fingerprint density at radius 3 is 2.71 bits per heavy atom. The number of Topliss-reactive ketones (excluding diaryl/α,β-unsaturated/α-hetero) is 1. The van der Waals surface area contributed by atoms with Crippen LogP contribution in [-0.4, -0.2) is 18.4 Å². The topological polar surface area (TPSA) is 20.3 Å². The van der Waals surface area contributed by atoms with Crippen LogP contribution >= 0.6 is 0 Å². The molecule has 0 saturated carbocycles. The van der Waals surface area contributed by atoms with Gasteiger partial charge in [0.25, 0.3) is 0 Å². The Labute approximate surface area is 122 Å². The Bertz CT molecular complexity index is 699. The molecule has 1 atom stereocenters. The van der Waals surface area contributed by atoms with Crippen LogP contribution in [0, 0.1) is 11.6 Å². The number of carbonyl (C=O) groups is 1. The van der Waals surface area contributed by atoms with E-state index in [0.717, 1.165) is 24.2 Å². The van der Waals surface area contributed by atoms with E-state index in [9.17, 15) is 13.6 Å². The number of rotatable bonds is 3. The Hall–Kier alpha value is -2.23. The summed E-state index contributed by atoms with van der Waals surface area (Å²) in [6.45, 7) is 2.22. The first kappa shape index (κ1) is 13.7. The number of benzene rings is 2. The second-order valence-electron chi connectivity index (χ2n) is 5.36. The molecule has 2 aromatic carbocycles. The van der Waals surface area contributed by atoms with Crippen LogP contribution in [0.2, 0.25) is 0 Å². The van der Waals surface area contributed by atoms with E-state index in [2.05, 4.69) is 6.92 Å². The lowest BCUT2D eigenvalue weighted by Crippen LogP contribution is -2.34. The van der Waals surface area contributed by atoms with Gasteiger partial charge in [0, 0.05) is 17.3 Å². The minimum Gasteiger partial charge on any atom is -0.361 e. The molecule has 2 nitrogen and oxygen atoms in total. The van der Waals surface area contributed by atoms with Crippen molar-refractivity contribution < 1.29 is 13.6 Å². The van der Waals surface area contributed by atoms with Crippen LogP contribution in [0.15, 0.2) is 42.5 Å². The summed E-state index contributed by atoms with van der Waals surface area (Å²) >= 11 is 0. The number of anilines is 1. The van der Waals surface area contributed by atoms with Crippen molar-refractivity contribution in [3.63, 3.8) is 0 Å². The van der Waals surface area contributed by atoms with Crippen LogP contribution in [-0.2, 0) is 6.42 Å². The molecular weight excluding hydrogens is 272 g/mol. The number of ketones is 1. The zero-order valence-electron chi connectivity index (χ0n) is 11.6. The maximum absolute atomic E-state index is 13.2. The van der Waals surface area contributed by atoms with Crippen LogP contribution < -0.4 is 4.90 Å². The minimum atomic E-state index is -0.990. The van der Waals surface area contributed by atoms with Gasteiger partial charge in [-0.3, -0.25) is 4.79 Å². The van der Waals surface area contributed by atoms with Crippen molar-refractivity contribution in [3.8, 4) is 0 Å². The first-order valence-electron chi connectivity index (χ1n) is 6.89. The quantitative estimate of drug-likeness (QED) is 0.804. The fraction of sp³-hybridized carbons (Fsp3) is 0.235. The Morgan fingerprint density at radius 2 is 1.95 bits per heavy atom. The van der Waals surface area contributed by atoms with E-state index in [1.807, 2.05) is 29.2 Å². The van der Waals surface area contributed by atoms with Crippen molar-refractivity contribution in [2.75, 3.05) is 11.4 Å². The molecule has 4 heteroatoms. The first-order chi connectivity index (χ1) is 10.1. The molecule has 1 aliphatic rings. The number of hydrogen-bond acceptors (Lipinski definition) is 2. The van der Waals surface area contributed by atoms with Gasteiger partial charge in [0.05, 0.1) is 6.54 Å². The van der Waals surface area contributed by atoms with E-state index < -0.39 is 11.6 Å². The van der Waals surface area contributed by atoms with Gasteiger partial charge in [-0.1, -0.05) is 18.2 Å². The molecule has 0 aromatic heterocycles. The summed E-state index contributed by atoms with van der Waals surface area (Å²) in [5.41, 5.74) is 2.45. The largest absolute Gasteiger partial charge is 0.361 e. The Morgan fingerprint density at radius 1 is 1.19 bits per heavy atom. The van der Waals surface area contributed by atoms with Crippen LogP contribution in [0.3, 0.4) is 0 Å². The van der Waals surface area contributed by atoms with E-state index in [1.165, 1.54) is 11.6 Å². The number of nitrogens with zero attached hydrogens (tertiary/aromatic N) is 1. The van der Waals surface area contributed by atoms with Crippen LogP contribution in [0.5, 0.6) is 0 Å².